The molecule has 0 bridgehead atoms. The van der Waals surface area contributed by atoms with Crippen molar-refractivity contribution in [1.29, 1.82) is 0 Å². The second-order valence-corrected chi connectivity index (χ2v) is 4.80. The lowest BCUT2D eigenvalue weighted by Gasteiger charge is -2.00. The number of carbonyl (C=O) groups is 1. The number of hydrogen-bond acceptors (Lipinski definition) is 3. The Balaban J connectivity index is 3.73. The van der Waals surface area contributed by atoms with Gasteiger partial charge in [0.1, 0.15) is 10.6 Å². The Labute approximate surface area is 87.4 Å². The van der Waals surface area contributed by atoms with E-state index >= 15 is 0 Å². The molecular weight excluding hydrogens is 220 g/mol. The molecule has 15 heavy (non-hydrogen) atoms. The van der Waals surface area contributed by atoms with Crippen molar-refractivity contribution >= 4 is 16.0 Å². The number of rotatable bonds is 2. The van der Waals surface area contributed by atoms with Crippen molar-refractivity contribution in [3.8, 4) is 0 Å². The number of aromatic carboxylic acids is 1. The molecule has 0 saturated carbocycles. The summed E-state index contributed by atoms with van der Waals surface area (Å²) in [6.07, 6.45) is 0. The summed E-state index contributed by atoms with van der Waals surface area (Å²) in [5.41, 5.74) is 0.439. The minimum Gasteiger partial charge on any atom is -0.477 e. The molecule has 0 amide bonds. The molecule has 7 heteroatoms. The van der Waals surface area contributed by atoms with Crippen molar-refractivity contribution in [1.82, 2.24) is 4.57 Å². The molecule has 0 radical (unpaired) electrons. The third-order valence-electron chi connectivity index (χ3n) is 2.35. The van der Waals surface area contributed by atoms with Crippen LogP contribution < -0.4 is 5.14 Å². The Morgan fingerprint density at radius 2 is 1.87 bits per heavy atom. The number of carboxylic acids is 1. The summed E-state index contributed by atoms with van der Waals surface area (Å²) in [7, 11) is -2.40. The molecule has 1 rings (SSSR count). The molecule has 0 saturated heterocycles. The van der Waals surface area contributed by atoms with Gasteiger partial charge in [0.25, 0.3) is 0 Å². The monoisotopic (exact) mass is 232 g/mol. The minimum absolute atomic E-state index is 0.0588. The first-order valence-electron chi connectivity index (χ1n) is 4.10. The summed E-state index contributed by atoms with van der Waals surface area (Å²) in [6, 6.07) is 0. The predicted molar refractivity (Wildman–Crippen MR) is 53.2 cm³/mol. The van der Waals surface area contributed by atoms with Gasteiger partial charge >= 0.3 is 5.97 Å². The highest BCUT2D eigenvalue weighted by Gasteiger charge is 2.26. The summed E-state index contributed by atoms with van der Waals surface area (Å²) in [6.45, 7) is 2.94. The van der Waals surface area contributed by atoms with Crippen LogP contribution in [0.3, 0.4) is 0 Å². The van der Waals surface area contributed by atoms with Crippen LogP contribution >= 0.6 is 0 Å². The molecule has 0 fully saturated rings. The number of aromatic nitrogens is 1. The van der Waals surface area contributed by atoms with Crippen molar-refractivity contribution in [3.05, 3.63) is 17.0 Å². The van der Waals surface area contributed by atoms with E-state index in [0.717, 1.165) is 0 Å². The maximum Gasteiger partial charge on any atom is 0.352 e. The van der Waals surface area contributed by atoms with Crippen LogP contribution in [0.1, 0.15) is 21.7 Å². The molecule has 0 aromatic carbocycles. The van der Waals surface area contributed by atoms with Crippen molar-refractivity contribution in [3.63, 3.8) is 0 Å². The molecule has 0 spiro atoms. The molecule has 1 heterocycles. The minimum atomic E-state index is -3.88. The SMILES string of the molecule is Cc1c(S(N)(=O)=O)c(C)n(C)c1C(=O)O. The third kappa shape index (κ3) is 1.75. The van der Waals surface area contributed by atoms with Crippen LogP contribution in [0.25, 0.3) is 0 Å². The number of nitrogens with two attached hydrogens (primary N) is 1. The Bertz CT molecular complexity index is 527. The lowest BCUT2D eigenvalue weighted by molar-refractivity contribution is 0.0685. The summed E-state index contributed by atoms with van der Waals surface area (Å²) < 4.78 is 23.8. The quantitative estimate of drug-likeness (QED) is 0.748. The van der Waals surface area contributed by atoms with Crippen LogP contribution in [0.15, 0.2) is 4.90 Å². The molecule has 0 aliphatic heterocycles. The largest absolute Gasteiger partial charge is 0.477 e. The van der Waals surface area contributed by atoms with Gasteiger partial charge in [-0.25, -0.2) is 18.4 Å². The second kappa shape index (κ2) is 3.35. The first kappa shape index (κ1) is 11.7. The standard InChI is InChI=1S/C8H12N2O4S/c1-4-6(8(11)12)10(3)5(2)7(4)15(9,13)14/h1-3H3,(H,11,12)(H2,9,13,14). The fourth-order valence-electron chi connectivity index (χ4n) is 1.67. The van der Waals surface area contributed by atoms with E-state index in [0.29, 0.717) is 5.69 Å². The van der Waals surface area contributed by atoms with Gasteiger partial charge in [0, 0.05) is 18.3 Å². The topological polar surface area (TPSA) is 102 Å². The Kier molecular flexibility index (Phi) is 2.62. The Hall–Kier alpha value is -1.34. The van der Waals surface area contributed by atoms with Crippen LogP contribution in [0.2, 0.25) is 0 Å². The van der Waals surface area contributed by atoms with E-state index in [9.17, 15) is 13.2 Å². The van der Waals surface area contributed by atoms with Gasteiger partial charge in [-0.2, -0.15) is 0 Å². The van der Waals surface area contributed by atoms with Gasteiger partial charge in [-0.15, -0.1) is 0 Å². The van der Waals surface area contributed by atoms with E-state index < -0.39 is 16.0 Å². The maximum atomic E-state index is 11.2. The molecule has 1 aromatic heterocycles. The smallest absolute Gasteiger partial charge is 0.352 e. The van der Waals surface area contributed by atoms with Crippen LogP contribution in [-0.4, -0.2) is 24.1 Å². The number of hydrogen-bond donors (Lipinski definition) is 2. The zero-order chi connectivity index (χ0) is 12.0. The third-order valence-corrected chi connectivity index (χ3v) is 3.52. The summed E-state index contributed by atoms with van der Waals surface area (Å²) in [5, 5.41) is 13.9. The fourth-order valence-corrected chi connectivity index (χ4v) is 2.75. The van der Waals surface area contributed by atoms with Crippen LogP contribution in [-0.2, 0) is 17.1 Å². The molecule has 84 valence electrons. The van der Waals surface area contributed by atoms with E-state index in [4.69, 9.17) is 10.2 Å². The maximum absolute atomic E-state index is 11.2. The first-order valence-corrected chi connectivity index (χ1v) is 5.64. The van der Waals surface area contributed by atoms with Gasteiger partial charge in [0.2, 0.25) is 10.0 Å². The highest BCUT2D eigenvalue weighted by atomic mass is 32.2. The summed E-state index contributed by atoms with van der Waals surface area (Å²) >= 11 is 0. The molecule has 0 atom stereocenters. The normalized spacial score (nSPS) is 11.7. The number of nitrogens with zero attached hydrogens (tertiary/aromatic N) is 1. The van der Waals surface area contributed by atoms with Gasteiger partial charge in [-0.05, 0) is 13.8 Å². The predicted octanol–water partition coefficient (Wildman–Crippen LogP) is -0.0125. The number of carboxylic acid groups (broad SMARTS) is 1. The molecule has 0 unspecified atom stereocenters. The molecular formula is C8H12N2O4S. The van der Waals surface area contributed by atoms with Gasteiger partial charge < -0.3 is 9.67 Å². The Morgan fingerprint density at radius 3 is 2.07 bits per heavy atom. The van der Waals surface area contributed by atoms with Crippen molar-refractivity contribution in [2.75, 3.05) is 0 Å². The Morgan fingerprint density at radius 1 is 1.40 bits per heavy atom. The van der Waals surface area contributed by atoms with E-state index in [1.165, 1.54) is 25.5 Å². The van der Waals surface area contributed by atoms with Gasteiger partial charge in [0.15, 0.2) is 0 Å². The van der Waals surface area contributed by atoms with Crippen molar-refractivity contribution < 1.29 is 18.3 Å². The average molecular weight is 232 g/mol. The molecule has 1 aromatic rings. The van der Waals surface area contributed by atoms with Gasteiger partial charge in [0.05, 0.1) is 0 Å². The molecule has 6 nitrogen and oxygen atoms in total. The highest BCUT2D eigenvalue weighted by molar-refractivity contribution is 7.89. The first-order chi connectivity index (χ1) is 6.68. The number of sulfonamides is 1. The molecule has 0 aliphatic carbocycles. The van der Waals surface area contributed by atoms with Crippen molar-refractivity contribution in [2.24, 2.45) is 12.2 Å². The van der Waals surface area contributed by atoms with E-state index in [2.05, 4.69) is 0 Å². The van der Waals surface area contributed by atoms with E-state index in [1.807, 2.05) is 0 Å². The zero-order valence-corrected chi connectivity index (χ0v) is 9.42. The average Bonchev–Trinajstić information content (AvgIpc) is 2.21. The number of primary sulfonamides is 1. The van der Waals surface area contributed by atoms with Gasteiger partial charge in [-0.3, -0.25) is 0 Å². The van der Waals surface area contributed by atoms with Crippen LogP contribution in [0.4, 0.5) is 0 Å². The lowest BCUT2D eigenvalue weighted by Crippen LogP contribution is -2.14. The van der Waals surface area contributed by atoms with Crippen LogP contribution in [0, 0.1) is 13.8 Å². The molecule has 0 aliphatic rings. The summed E-state index contributed by atoms with van der Waals surface area (Å²) in [4.78, 5) is 10.8. The van der Waals surface area contributed by atoms with Crippen LogP contribution in [0.5, 0.6) is 0 Å². The summed E-state index contributed by atoms with van der Waals surface area (Å²) in [5.74, 6) is -1.17. The highest BCUT2D eigenvalue weighted by Crippen LogP contribution is 2.24. The fraction of sp³-hybridized carbons (Fsp3) is 0.375. The van der Waals surface area contributed by atoms with Gasteiger partial charge in [-0.1, -0.05) is 0 Å². The lowest BCUT2D eigenvalue weighted by atomic mass is 10.2. The van der Waals surface area contributed by atoms with Crippen molar-refractivity contribution in [2.45, 2.75) is 18.7 Å². The van der Waals surface area contributed by atoms with E-state index in [-0.39, 0.29) is 16.2 Å². The van der Waals surface area contributed by atoms with E-state index in [1.54, 1.807) is 0 Å². The zero-order valence-electron chi connectivity index (χ0n) is 8.60. The second-order valence-electron chi connectivity index (χ2n) is 3.30. The molecule has 3 N–H and O–H groups in total.